The number of hydrogen-bond acceptors (Lipinski definition) is 11. The lowest BCUT2D eigenvalue weighted by Crippen LogP contribution is -2.56. The van der Waals surface area contributed by atoms with Gasteiger partial charge in [-0.15, -0.1) is 0 Å². The molecule has 0 aliphatic carbocycles. The monoisotopic (exact) mass is 653 g/mol. The van der Waals surface area contributed by atoms with E-state index < -0.39 is 53.5 Å². The zero-order valence-electron chi connectivity index (χ0n) is 25.2. The molecule has 4 rings (SSSR count). The molecule has 45 heavy (non-hydrogen) atoms. The van der Waals surface area contributed by atoms with Crippen LogP contribution in [0.25, 0.3) is 0 Å². The molecule has 5 atom stereocenters. The van der Waals surface area contributed by atoms with Crippen LogP contribution in [0, 0.1) is 18.3 Å². The lowest BCUT2D eigenvalue weighted by atomic mass is 9.82. The Morgan fingerprint density at radius 3 is 2.11 bits per heavy atom. The van der Waals surface area contributed by atoms with Crippen molar-refractivity contribution in [2.24, 2.45) is 0 Å². The normalized spacial score (nSPS) is 22.9. The van der Waals surface area contributed by atoms with Gasteiger partial charge in [-0.2, -0.15) is 5.26 Å². The Kier molecular flexibility index (Phi) is 10.9. The van der Waals surface area contributed by atoms with E-state index in [0.29, 0.717) is 32.6 Å². The van der Waals surface area contributed by atoms with E-state index >= 15 is 0 Å². The summed E-state index contributed by atoms with van der Waals surface area (Å²) in [5, 5.41) is 17.4. The zero-order valence-corrected chi connectivity index (χ0v) is 26.8. The van der Waals surface area contributed by atoms with Crippen molar-refractivity contribution >= 4 is 52.9 Å². The van der Waals surface area contributed by atoms with Gasteiger partial charge in [0.15, 0.2) is 18.3 Å². The number of esters is 3. The van der Waals surface area contributed by atoms with Crippen LogP contribution in [0.2, 0.25) is 5.02 Å². The number of aryl methyl sites for hydroxylation is 1. The SMILES string of the molecule is CC(=O)O[C@@H]1[C@@H](OC(C)=O)[C@H](SC2=C(C#N)C(c3ccc(Cl)cc3)C(C(=O)Nc3ccc(C)cc3)=C(C)N2)OC[C@H]1OC(C)=O. The van der Waals surface area contributed by atoms with Crippen LogP contribution in [-0.4, -0.2) is 54.2 Å². The minimum atomic E-state index is -1.21. The second kappa shape index (κ2) is 14.6. The Morgan fingerprint density at radius 1 is 0.933 bits per heavy atom. The van der Waals surface area contributed by atoms with E-state index in [1.165, 1.54) is 20.8 Å². The molecule has 2 aromatic rings. The predicted molar refractivity (Wildman–Crippen MR) is 166 cm³/mol. The first-order chi connectivity index (χ1) is 21.4. The van der Waals surface area contributed by atoms with E-state index in [1.54, 1.807) is 43.3 Å². The van der Waals surface area contributed by atoms with E-state index in [0.717, 1.165) is 17.3 Å². The maximum Gasteiger partial charge on any atom is 0.303 e. The van der Waals surface area contributed by atoms with E-state index in [-0.39, 0.29) is 12.2 Å². The number of nitrogens with one attached hydrogen (secondary N) is 2. The maximum absolute atomic E-state index is 13.8. The van der Waals surface area contributed by atoms with Gasteiger partial charge in [-0.25, -0.2) is 0 Å². The van der Waals surface area contributed by atoms with Crippen LogP contribution < -0.4 is 10.6 Å². The first kappa shape index (κ1) is 33.6. The summed E-state index contributed by atoms with van der Waals surface area (Å²) in [6.07, 6.45) is -3.44. The van der Waals surface area contributed by atoms with Crippen LogP contribution in [0.4, 0.5) is 5.69 Å². The number of dihydropyridines is 1. The van der Waals surface area contributed by atoms with Gasteiger partial charge in [0.05, 0.1) is 29.2 Å². The second-order valence-electron chi connectivity index (χ2n) is 10.4. The van der Waals surface area contributed by atoms with Crippen LogP contribution in [0.5, 0.6) is 0 Å². The summed E-state index contributed by atoms with van der Waals surface area (Å²) >= 11 is 7.19. The standard InChI is InChI=1S/C32H32ClN3O8S/c1-16-6-12-23(13-7-16)36-30(40)26-17(2)35-31(24(14-34)27(26)21-8-10-22(33)11-9-21)45-32-29(44-20(5)39)28(43-19(4)38)25(15-41-32)42-18(3)37/h6-13,25,27-29,32,35H,15H2,1-5H3,(H,36,40)/t25-,27?,28+,29-,32+/m1/s1. The highest BCUT2D eigenvalue weighted by Gasteiger charge is 2.48. The van der Waals surface area contributed by atoms with E-state index in [1.807, 2.05) is 19.1 Å². The highest BCUT2D eigenvalue weighted by Crippen LogP contribution is 2.44. The minimum absolute atomic E-state index is 0.179. The largest absolute Gasteiger partial charge is 0.456 e. The topological polar surface area (TPSA) is 153 Å². The van der Waals surface area contributed by atoms with Crippen LogP contribution >= 0.6 is 23.4 Å². The predicted octanol–water partition coefficient (Wildman–Crippen LogP) is 4.87. The number of allylic oxidation sites excluding steroid dienone is 2. The number of rotatable bonds is 8. The number of benzene rings is 2. The van der Waals surface area contributed by atoms with E-state index in [4.69, 9.17) is 30.5 Å². The van der Waals surface area contributed by atoms with Crippen molar-refractivity contribution < 1.29 is 38.1 Å². The molecule has 11 nitrogen and oxygen atoms in total. The molecule has 1 amide bonds. The molecule has 0 spiro atoms. The zero-order chi connectivity index (χ0) is 32.8. The molecule has 236 valence electrons. The average molecular weight is 654 g/mol. The maximum atomic E-state index is 13.8. The van der Waals surface area contributed by atoms with Gasteiger partial charge in [0, 0.05) is 42.8 Å². The summed E-state index contributed by atoms with van der Waals surface area (Å²) in [5.74, 6) is -3.23. The van der Waals surface area contributed by atoms with Gasteiger partial charge in [-0.3, -0.25) is 19.2 Å². The third-order valence-electron chi connectivity index (χ3n) is 6.94. The molecule has 13 heteroatoms. The molecular weight excluding hydrogens is 622 g/mol. The fourth-order valence-corrected chi connectivity index (χ4v) is 6.41. The van der Waals surface area contributed by atoms with Crippen molar-refractivity contribution in [1.29, 1.82) is 5.26 Å². The Hall–Kier alpha value is -4.31. The summed E-state index contributed by atoms with van der Waals surface area (Å²) in [5.41, 5.74) is 2.23. The number of ether oxygens (including phenoxy) is 4. The Balaban J connectivity index is 1.74. The number of nitrogens with zero attached hydrogens (tertiary/aromatic N) is 1. The smallest absolute Gasteiger partial charge is 0.303 e. The molecule has 2 heterocycles. The second-order valence-corrected chi connectivity index (χ2v) is 12.0. The molecular formula is C32H32ClN3O8S. The molecule has 1 fully saturated rings. The lowest BCUT2D eigenvalue weighted by Gasteiger charge is -2.41. The Labute approximate surface area is 269 Å². The van der Waals surface area contributed by atoms with E-state index in [9.17, 15) is 24.4 Å². The van der Waals surface area contributed by atoms with Crippen molar-refractivity contribution in [3.8, 4) is 6.07 Å². The molecule has 1 saturated heterocycles. The highest BCUT2D eigenvalue weighted by molar-refractivity contribution is 8.03. The number of thioether (sulfide) groups is 1. The molecule has 2 aromatic carbocycles. The van der Waals surface area contributed by atoms with Crippen LogP contribution in [-0.2, 0) is 38.1 Å². The van der Waals surface area contributed by atoms with Gasteiger partial charge in [0.25, 0.3) is 5.91 Å². The first-order valence-corrected chi connectivity index (χ1v) is 15.2. The van der Waals surface area contributed by atoms with Crippen molar-refractivity contribution in [2.75, 3.05) is 11.9 Å². The van der Waals surface area contributed by atoms with Crippen molar-refractivity contribution in [1.82, 2.24) is 5.32 Å². The van der Waals surface area contributed by atoms with Crippen molar-refractivity contribution in [3.63, 3.8) is 0 Å². The fourth-order valence-electron chi connectivity index (χ4n) is 5.06. The molecule has 0 radical (unpaired) electrons. The van der Waals surface area contributed by atoms with Crippen LogP contribution in [0.15, 0.2) is 70.4 Å². The Morgan fingerprint density at radius 2 is 1.53 bits per heavy atom. The molecule has 1 unspecified atom stereocenters. The number of amides is 1. The number of nitriles is 1. The van der Waals surface area contributed by atoms with Gasteiger partial charge < -0.3 is 29.6 Å². The minimum Gasteiger partial charge on any atom is -0.456 e. The average Bonchev–Trinajstić information content (AvgIpc) is 2.96. The third kappa shape index (κ3) is 8.25. The fraction of sp³-hybridized carbons (Fsp3) is 0.344. The van der Waals surface area contributed by atoms with Gasteiger partial charge >= 0.3 is 17.9 Å². The summed E-state index contributed by atoms with van der Waals surface area (Å²) in [6.45, 7) is 7.04. The van der Waals surface area contributed by atoms with Gasteiger partial charge in [0.2, 0.25) is 0 Å². The molecule has 0 aromatic heterocycles. The number of carbonyl (C=O) groups is 4. The highest BCUT2D eigenvalue weighted by atomic mass is 35.5. The van der Waals surface area contributed by atoms with Gasteiger partial charge in [0.1, 0.15) is 5.44 Å². The lowest BCUT2D eigenvalue weighted by molar-refractivity contribution is -0.213. The van der Waals surface area contributed by atoms with Gasteiger partial charge in [-0.05, 0) is 43.7 Å². The Bertz CT molecular complexity index is 1580. The number of anilines is 1. The van der Waals surface area contributed by atoms with Crippen LogP contribution in [0.1, 0.15) is 44.7 Å². The molecule has 2 aliphatic rings. The summed E-state index contributed by atoms with van der Waals surface area (Å²) < 4.78 is 22.3. The quantitative estimate of drug-likeness (QED) is 0.296. The number of carbonyl (C=O) groups excluding carboxylic acids is 4. The molecule has 0 bridgehead atoms. The van der Waals surface area contributed by atoms with E-state index in [2.05, 4.69) is 16.7 Å². The molecule has 2 N–H and O–H groups in total. The molecule has 2 aliphatic heterocycles. The summed E-state index contributed by atoms with van der Waals surface area (Å²) in [6, 6.07) is 16.4. The third-order valence-corrected chi connectivity index (χ3v) is 8.39. The van der Waals surface area contributed by atoms with Gasteiger partial charge in [-0.1, -0.05) is 53.2 Å². The van der Waals surface area contributed by atoms with Crippen LogP contribution in [0.3, 0.4) is 0 Å². The summed E-state index contributed by atoms with van der Waals surface area (Å²) in [7, 11) is 0. The first-order valence-electron chi connectivity index (χ1n) is 13.9. The number of halogens is 1. The summed E-state index contributed by atoms with van der Waals surface area (Å²) in [4.78, 5) is 49.7. The molecule has 0 saturated carbocycles. The van der Waals surface area contributed by atoms with Crippen molar-refractivity contribution in [2.45, 2.75) is 64.3 Å². The van der Waals surface area contributed by atoms with Crippen molar-refractivity contribution in [3.05, 3.63) is 86.6 Å². The number of hydrogen-bond donors (Lipinski definition) is 2.